The van der Waals surface area contributed by atoms with E-state index in [1.165, 1.54) is 12.1 Å². The van der Waals surface area contributed by atoms with Crippen LogP contribution >= 0.6 is 0 Å². The van der Waals surface area contributed by atoms with Gasteiger partial charge in [0, 0.05) is 17.0 Å². The largest absolute Gasteiger partial charge is 0.489 e. The third-order valence-corrected chi connectivity index (χ3v) is 5.87. The van der Waals surface area contributed by atoms with E-state index in [4.69, 9.17) is 14.2 Å². The molecule has 9 heteroatoms. The molecule has 1 aromatic heterocycles. The Bertz CT molecular complexity index is 1180. The molecule has 1 unspecified atom stereocenters. The van der Waals surface area contributed by atoms with Crippen LogP contribution in [-0.2, 0) is 4.74 Å². The number of anilines is 1. The summed E-state index contributed by atoms with van der Waals surface area (Å²) in [5.41, 5.74) is 0.00520. The van der Waals surface area contributed by atoms with Gasteiger partial charge in [-0.05, 0) is 19.9 Å². The molecule has 1 N–H and O–H groups in total. The smallest absolute Gasteiger partial charge is 0.266 e. The van der Waals surface area contributed by atoms with Crippen molar-refractivity contribution in [1.29, 1.82) is 0 Å². The van der Waals surface area contributed by atoms with Crippen molar-refractivity contribution >= 4 is 16.7 Å². The molecule has 0 radical (unpaired) electrons. The number of hydrogen-bond acceptors (Lipinski definition) is 6. The molecule has 0 bridgehead atoms. The predicted molar refractivity (Wildman–Crippen MR) is 112 cm³/mol. The van der Waals surface area contributed by atoms with Crippen LogP contribution in [0, 0.1) is 18.2 Å². The normalized spacial score (nSPS) is 17.8. The van der Waals surface area contributed by atoms with Crippen molar-refractivity contribution in [3.05, 3.63) is 53.1 Å². The summed E-state index contributed by atoms with van der Waals surface area (Å²) in [6.07, 6.45) is -2.89. The van der Waals surface area contributed by atoms with Crippen molar-refractivity contribution in [1.82, 2.24) is 9.97 Å². The van der Waals surface area contributed by atoms with E-state index in [1.54, 1.807) is 26.0 Å². The monoisotopic (exact) mass is 445 g/mol. The molecular formula is C23H22F3N3O3. The van der Waals surface area contributed by atoms with Crippen molar-refractivity contribution in [2.45, 2.75) is 26.3 Å². The van der Waals surface area contributed by atoms with Gasteiger partial charge in [0.2, 0.25) is 0 Å². The summed E-state index contributed by atoms with van der Waals surface area (Å²) < 4.78 is 58.2. The molecule has 6 nitrogen and oxygen atoms in total. The van der Waals surface area contributed by atoms with E-state index in [0.29, 0.717) is 60.5 Å². The highest BCUT2D eigenvalue weighted by atomic mass is 19.3. The van der Waals surface area contributed by atoms with Crippen LogP contribution in [0.15, 0.2) is 30.3 Å². The molecule has 1 saturated heterocycles. The molecule has 2 aromatic carbocycles. The van der Waals surface area contributed by atoms with Crippen molar-refractivity contribution < 1.29 is 27.4 Å². The number of fused-ring (bicyclic) bond motifs is 2. The van der Waals surface area contributed by atoms with Gasteiger partial charge in [-0.1, -0.05) is 18.2 Å². The van der Waals surface area contributed by atoms with Gasteiger partial charge in [0.15, 0.2) is 11.5 Å². The minimum Gasteiger partial charge on any atom is -0.489 e. The Morgan fingerprint density at radius 2 is 1.69 bits per heavy atom. The average Bonchev–Trinajstić information content (AvgIpc) is 2.92. The summed E-state index contributed by atoms with van der Waals surface area (Å²) in [6, 6.07) is 6.98. The van der Waals surface area contributed by atoms with Gasteiger partial charge in [0.05, 0.1) is 35.8 Å². The minimum absolute atomic E-state index is 0.133. The number of alkyl halides is 2. The highest BCUT2D eigenvalue weighted by molar-refractivity contribution is 5.92. The maximum atomic E-state index is 14.7. The molecule has 1 fully saturated rings. The van der Waals surface area contributed by atoms with Gasteiger partial charge in [-0.2, -0.15) is 0 Å². The molecule has 1 atom stereocenters. The zero-order chi connectivity index (χ0) is 22.5. The Kier molecular flexibility index (Phi) is 5.08. The van der Waals surface area contributed by atoms with Gasteiger partial charge in [-0.3, -0.25) is 0 Å². The van der Waals surface area contributed by atoms with Crippen LogP contribution in [0.1, 0.15) is 36.3 Å². The van der Waals surface area contributed by atoms with Gasteiger partial charge in [0.25, 0.3) is 6.43 Å². The minimum atomic E-state index is -2.89. The number of aromatic nitrogens is 2. The lowest BCUT2D eigenvalue weighted by Gasteiger charge is -2.38. The topological polar surface area (TPSA) is 65.5 Å². The van der Waals surface area contributed by atoms with E-state index < -0.39 is 23.8 Å². The first-order valence-corrected chi connectivity index (χ1v) is 10.3. The van der Waals surface area contributed by atoms with Crippen LogP contribution in [0.2, 0.25) is 0 Å². The van der Waals surface area contributed by atoms with Gasteiger partial charge < -0.3 is 19.5 Å². The molecule has 2 aliphatic heterocycles. The molecular weight excluding hydrogens is 423 g/mol. The fraction of sp³-hybridized carbons (Fsp3) is 0.391. The fourth-order valence-corrected chi connectivity index (χ4v) is 4.00. The Balaban J connectivity index is 1.50. The molecule has 32 heavy (non-hydrogen) atoms. The summed E-state index contributed by atoms with van der Waals surface area (Å²) in [5.74, 6) is 1.20. The number of ether oxygens (including phenoxy) is 3. The first kappa shape index (κ1) is 20.8. The van der Waals surface area contributed by atoms with Gasteiger partial charge in [0.1, 0.15) is 30.7 Å². The van der Waals surface area contributed by atoms with Gasteiger partial charge >= 0.3 is 0 Å². The molecule has 0 amide bonds. The van der Waals surface area contributed by atoms with E-state index in [2.05, 4.69) is 15.3 Å². The van der Waals surface area contributed by atoms with Crippen molar-refractivity contribution in [3.8, 4) is 11.5 Å². The van der Waals surface area contributed by atoms with Crippen LogP contribution in [0.3, 0.4) is 0 Å². The first-order chi connectivity index (χ1) is 15.3. The zero-order valence-electron chi connectivity index (χ0n) is 17.6. The number of halogens is 3. The quantitative estimate of drug-likeness (QED) is 0.611. The molecule has 0 aliphatic carbocycles. The molecule has 0 saturated carbocycles. The third kappa shape index (κ3) is 3.60. The zero-order valence-corrected chi connectivity index (χ0v) is 17.6. The molecule has 1 spiro atoms. The molecule has 3 aromatic rings. The molecule has 5 rings (SSSR count). The predicted octanol–water partition coefficient (Wildman–Crippen LogP) is 4.98. The summed E-state index contributed by atoms with van der Waals surface area (Å²) >= 11 is 0. The van der Waals surface area contributed by atoms with E-state index in [0.717, 1.165) is 6.07 Å². The van der Waals surface area contributed by atoms with Crippen LogP contribution in [0.25, 0.3) is 10.9 Å². The van der Waals surface area contributed by atoms with Crippen molar-refractivity contribution in [3.63, 3.8) is 0 Å². The standard InChI is InChI=1S/C23H22F3N3O3/c1-12(14-4-3-5-15(20(14)24)21(25)26)27-22-16-6-18-19(7-17(16)28-13(2)29-22)32-11-23(10-31-18)8-30-9-23/h3-7,12,21H,8-11H2,1-2H3,(H,27,28,29). The molecule has 168 valence electrons. The number of aryl methyl sites for hydroxylation is 1. The van der Waals surface area contributed by atoms with Crippen molar-refractivity contribution in [2.24, 2.45) is 5.41 Å². The maximum absolute atomic E-state index is 14.7. The van der Waals surface area contributed by atoms with Crippen LogP contribution in [-0.4, -0.2) is 36.4 Å². The van der Waals surface area contributed by atoms with Crippen LogP contribution < -0.4 is 14.8 Å². The average molecular weight is 445 g/mol. The summed E-state index contributed by atoms with van der Waals surface area (Å²) in [4.78, 5) is 8.97. The number of nitrogens with zero attached hydrogens (tertiary/aromatic N) is 2. The Labute approximate surface area is 182 Å². The maximum Gasteiger partial charge on any atom is 0.266 e. The summed E-state index contributed by atoms with van der Waals surface area (Å²) in [7, 11) is 0. The van der Waals surface area contributed by atoms with Gasteiger partial charge in [-0.25, -0.2) is 23.1 Å². The van der Waals surface area contributed by atoms with Crippen LogP contribution in [0.4, 0.5) is 19.0 Å². The number of nitrogens with one attached hydrogen (secondary N) is 1. The van der Waals surface area contributed by atoms with Crippen LogP contribution in [0.5, 0.6) is 11.5 Å². The van der Waals surface area contributed by atoms with E-state index >= 15 is 0 Å². The second-order valence-electron chi connectivity index (χ2n) is 8.42. The highest BCUT2D eigenvalue weighted by Crippen LogP contribution is 2.41. The Morgan fingerprint density at radius 3 is 2.34 bits per heavy atom. The third-order valence-electron chi connectivity index (χ3n) is 5.87. The lowest BCUT2D eigenvalue weighted by atomic mass is 9.88. The second kappa shape index (κ2) is 7.81. The highest BCUT2D eigenvalue weighted by Gasteiger charge is 2.42. The summed E-state index contributed by atoms with van der Waals surface area (Å²) in [6.45, 7) is 5.60. The van der Waals surface area contributed by atoms with E-state index in [1.807, 2.05) is 0 Å². The Hall–Kier alpha value is -3.07. The van der Waals surface area contributed by atoms with Crippen molar-refractivity contribution in [2.75, 3.05) is 31.7 Å². The summed E-state index contributed by atoms with van der Waals surface area (Å²) in [5, 5.41) is 3.82. The fourth-order valence-electron chi connectivity index (χ4n) is 4.00. The number of hydrogen-bond donors (Lipinski definition) is 1. The van der Waals surface area contributed by atoms with E-state index in [9.17, 15) is 13.2 Å². The SMILES string of the molecule is Cc1nc(NC(C)c2cccc(C(F)F)c2F)c2cc3c(cc2n1)OCC1(COC1)CO3. The molecule has 2 aliphatic rings. The first-order valence-electron chi connectivity index (χ1n) is 10.3. The lowest BCUT2D eigenvalue weighted by Crippen LogP contribution is -2.50. The Morgan fingerprint density at radius 1 is 1.00 bits per heavy atom. The molecule has 3 heterocycles. The van der Waals surface area contributed by atoms with E-state index in [-0.39, 0.29) is 11.0 Å². The van der Waals surface area contributed by atoms with Gasteiger partial charge in [-0.15, -0.1) is 0 Å². The lowest BCUT2D eigenvalue weighted by molar-refractivity contribution is -0.143. The number of benzene rings is 2. The number of rotatable bonds is 4. The second-order valence-corrected chi connectivity index (χ2v) is 8.42.